The first kappa shape index (κ1) is 30.5. The molecular formula is C31H27F3N4O3S2. The molecule has 0 fully saturated rings. The number of aliphatic hydroxyl groups is 1. The van der Waals surface area contributed by atoms with Crippen molar-refractivity contribution in [3.63, 3.8) is 0 Å². The lowest BCUT2D eigenvalue weighted by Crippen LogP contribution is -2.23. The summed E-state index contributed by atoms with van der Waals surface area (Å²) >= 11 is 1.30. The van der Waals surface area contributed by atoms with E-state index in [1.54, 1.807) is 36.0 Å². The molecule has 1 unspecified atom stereocenters. The molecule has 0 bridgehead atoms. The minimum atomic E-state index is -4.42. The number of nitrogens with two attached hydrogens (primary N) is 1. The fraction of sp³-hybridized carbons (Fsp3) is 0.161. The van der Waals surface area contributed by atoms with E-state index in [1.165, 1.54) is 29.5 Å². The summed E-state index contributed by atoms with van der Waals surface area (Å²) in [6.07, 6.45) is -1.12. The smallest absolute Gasteiger partial charge is 0.387 e. The summed E-state index contributed by atoms with van der Waals surface area (Å²) in [5.41, 5.74) is 3.76. The van der Waals surface area contributed by atoms with Gasteiger partial charge in [-0.3, -0.25) is 4.98 Å². The number of hydrogen-bond acceptors (Lipinski definition) is 7. The molecule has 3 aromatic carbocycles. The van der Waals surface area contributed by atoms with Gasteiger partial charge in [-0.25, -0.2) is 18.5 Å². The van der Waals surface area contributed by atoms with Crippen LogP contribution in [0.25, 0.3) is 33.0 Å². The second-order valence-electron chi connectivity index (χ2n) is 9.82. The maximum Gasteiger partial charge on any atom is 0.416 e. The maximum atomic E-state index is 12.9. The lowest BCUT2D eigenvalue weighted by Gasteiger charge is -2.12. The van der Waals surface area contributed by atoms with E-state index in [9.17, 15) is 26.7 Å². The molecule has 2 aromatic heterocycles. The number of nitrogens with one attached hydrogen (secondary N) is 1. The highest BCUT2D eigenvalue weighted by Crippen LogP contribution is 2.36. The highest BCUT2D eigenvalue weighted by molar-refractivity contribution is 7.89. The third kappa shape index (κ3) is 7.53. The fourth-order valence-electron chi connectivity index (χ4n) is 4.52. The van der Waals surface area contributed by atoms with Crippen LogP contribution in [0, 0.1) is 0 Å². The topological polar surface area (TPSA) is 118 Å². The van der Waals surface area contributed by atoms with Gasteiger partial charge in [0.05, 0.1) is 22.3 Å². The number of aliphatic hydroxyl groups excluding tert-OH is 1. The molecule has 43 heavy (non-hydrogen) atoms. The van der Waals surface area contributed by atoms with Crippen molar-refractivity contribution in [2.45, 2.75) is 23.6 Å². The Morgan fingerprint density at radius 3 is 2.30 bits per heavy atom. The molecule has 5 aromatic rings. The fourth-order valence-corrected chi connectivity index (χ4v) is 6.09. The Morgan fingerprint density at radius 2 is 1.65 bits per heavy atom. The highest BCUT2D eigenvalue weighted by atomic mass is 32.2. The van der Waals surface area contributed by atoms with Gasteiger partial charge < -0.3 is 10.4 Å². The first-order valence-electron chi connectivity index (χ1n) is 13.2. The number of thiazole rings is 1. The minimum absolute atomic E-state index is 0.0328. The van der Waals surface area contributed by atoms with Gasteiger partial charge in [0.2, 0.25) is 10.0 Å². The van der Waals surface area contributed by atoms with Gasteiger partial charge in [0.15, 0.2) is 0 Å². The summed E-state index contributed by atoms with van der Waals surface area (Å²) in [5.74, 6) is 0. The van der Waals surface area contributed by atoms with Crippen LogP contribution in [-0.4, -0.2) is 36.6 Å². The lowest BCUT2D eigenvalue weighted by molar-refractivity contribution is -0.137. The van der Waals surface area contributed by atoms with Gasteiger partial charge in [0.1, 0.15) is 5.01 Å². The normalized spacial score (nSPS) is 12.8. The van der Waals surface area contributed by atoms with Crippen LogP contribution in [0.1, 0.15) is 22.8 Å². The summed E-state index contributed by atoms with van der Waals surface area (Å²) in [6, 6.07) is 20.6. The zero-order valence-electron chi connectivity index (χ0n) is 22.6. The van der Waals surface area contributed by atoms with E-state index in [4.69, 9.17) is 5.14 Å². The number of benzene rings is 3. The van der Waals surface area contributed by atoms with Crippen molar-refractivity contribution >= 4 is 21.4 Å². The van der Waals surface area contributed by atoms with Crippen LogP contribution in [-0.2, 0) is 22.6 Å². The zero-order valence-corrected chi connectivity index (χ0v) is 24.3. The van der Waals surface area contributed by atoms with Gasteiger partial charge in [0, 0.05) is 46.6 Å². The second kappa shape index (κ2) is 12.7. The summed E-state index contributed by atoms with van der Waals surface area (Å²) in [6.45, 7) is 1.01. The van der Waals surface area contributed by atoms with Gasteiger partial charge in [-0.05, 0) is 54.4 Å². The molecule has 0 aliphatic rings. The van der Waals surface area contributed by atoms with Crippen molar-refractivity contribution in [1.82, 2.24) is 15.3 Å². The molecule has 5 rings (SSSR count). The Hall–Kier alpha value is -3.94. The van der Waals surface area contributed by atoms with Crippen molar-refractivity contribution in [3.05, 3.63) is 113 Å². The van der Waals surface area contributed by atoms with Crippen LogP contribution in [0.2, 0.25) is 0 Å². The Bertz CT molecular complexity index is 1790. The largest absolute Gasteiger partial charge is 0.416 e. The first-order valence-corrected chi connectivity index (χ1v) is 15.6. The second-order valence-corrected chi connectivity index (χ2v) is 12.2. The Labute approximate surface area is 251 Å². The zero-order chi connectivity index (χ0) is 30.6. The molecule has 4 N–H and O–H groups in total. The van der Waals surface area contributed by atoms with E-state index in [0.29, 0.717) is 52.5 Å². The van der Waals surface area contributed by atoms with Crippen LogP contribution in [0.3, 0.4) is 0 Å². The van der Waals surface area contributed by atoms with Crippen molar-refractivity contribution in [2.24, 2.45) is 5.14 Å². The first-order chi connectivity index (χ1) is 20.5. The number of pyridine rings is 1. The van der Waals surface area contributed by atoms with Crippen molar-refractivity contribution < 1.29 is 26.7 Å². The predicted molar refractivity (Wildman–Crippen MR) is 161 cm³/mol. The quantitative estimate of drug-likeness (QED) is 0.162. The van der Waals surface area contributed by atoms with Gasteiger partial charge in [-0.1, -0.05) is 48.5 Å². The van der Waals surface area contributed by atoms with E-state index < -0.39 is 27.9 Å². The number of halogens is 3. The van der Waals surface area contributed by atoms with E-state index in [-0.39, 0.29) is 4.90 Å². The monoisotopic (exact) mass is 624 g/mol. The molecule has 1 atom stereocenters. The molecule has 0 saturated heterocycles. The minimum Gasteiger partial charge on any atom is -0.387 e. The van der Waals surface area contributed by atoms with Gasteiger partial charge in [0.25, 0.3) is 0 Å². The molecule has 0 radical (unpaired) electrons. The molecule has 0 aliphatic heterocycles. The van der Waals surface area contributed by atoms with E-state index in [0.717, 1.165) is 23.3 Å². The Morgan fingerprint density at radius 1 is 0.953 bits per heavy atom. The number of alkyl halides is 3. The molecule has 2 heterocycles. The van der Waals surface area contributed by atoms with Crippen molar-refractivity contribution in [1.29, 1.82) is 0 Å². The number of nitrogens with zero attached hydrogens (tertiary/aromatic N) is 2. The number of aromatic nitrogens is 2. The number of primary sulfonamides is 1. The standard InChI is InChI=1S/C31H27F3N4O3S2/c32-31(33,34)25-10-7-22(8-11-25)27-19-42-30(38-27)23-9-12-29(43(35,40)41)26(16-23)21-5-3-20(4-6-21)13-15-37-18-28(39)24-2-1-14-36-17-24/h1-12,14,16-17,19,28,37,39H,13,15,18H2,(H2,35,40,41). The predicted octanol–water partition coefficient (Wildman–Crippen LogP) is 6.07. The molecule has 7 nitrogen and oxygen atoms in total. The summed E-state index contributed by atoms with van der Waals surface area (Å²) in [5, 5.41) is 21.3. The summed E-state index contributed by atoms with van der Waals surface area (Å²) in [4.78, 5) is 8.57. The lowest BCUT2D eigenvalue weighted by atomic mass is 10.0. The maximum absolute atomic E-state index is 12.9. The Balaban J connectivity index is 1.31. The molecule has 0 amide bonds. The van der Waals surface area contributed by atoms with Crippen LogP contribution in [0.4, 0.5) is 13.2 Å². The average molecular weight is 625 g/mol. The van der Waals surface area contributed by atoms with Crippen molar-refractivity contribution in [3.8, 4) is 33.0 Å². The van der Waals surface area contributed by atoms with Crippen LogP contribution >= 0.6 is 11.3 Å². The number of hydrogen-bond donors (Lipinski definition) is 3. The third-order valence-corrected chi connectivity index (χ3v) is 8.67. The van der Waals surface area contributed by atoms with Gasteiger partial charge in [-0.15, -0.1) is 11.3 Å². The Kier molecular flexibility index (Phi) is 9.04. The summed E-state index contributed by atoms with van der Waals surface area (Å²) < 4.78 is 63.6. The molecule has 0 spiro atoms. The molecule has 0 saturated carbocycles. The average Bonchev–Trinajstić information content (AvgIpc) is 3.49. The third-order valence-electron chi connectivity index (χ3n) is 6.81. The van der Waals surface area contributed by atoms with Crippen molar-refractivity contribution in [2.75, 3.05) is 13.1 Å². The van der Waals surface area contributed by atoms with E-state index in [2.05, 4.69) is 15.3 Å². The van der Waals surface area contributed by atoms with Crippen LogP contribution in [0.5, 0.6) is 0 Å². The van der Waals surface area contributed by atoms with Crippen LogP contribution < -0.4 is 10.5 Å². The summed E-state index contributed by atoms with van der Waals surface area (Å²) in [7, 11) is -4.04. The number of sulfonamides is 1. The van der Waals surface area contributed by atoms with Gasteiger partial charge in [-0.2, -0.15) is 13.2 Å². The SMILES string of the molecule is NS(=O)(=O)c1ccc(-c2nc(-c3ccc(C(F)(F)F)cc3)cs2)cc1-c1ccc(CCNCC(O)c2cccnc2)cc1. The molecule has 0 aliphatic carbocycles. The molecule has 12 heteroatoms. The van der Waals surface area contributed by atoms with Crippen LogP contribution in [0.15, 0.2) is 102 Å². The molecule has 222 valence electrons. The van der Waals surface area contributed by atoms with E-state index >= 15 is 0 Å². The van der Waals surface area contributed by atoms with Gasteiger partial charge >= 0.3 is 6.18 Å². The van der Waals surface area contributed by atoms with E-state index in [1.807, 2.05) is 30.3 Å². The molecular weight excluding hydrogens is 597 g/mol. The highest BCUT2D eigenvalue weighted by Gasteiger charge is 2.30. The number of rotatable bonds is 10.